The van der Waals surface area contributed by atoms with E-state index >= 15 is 0 Å². The predicted molar refractivity (Wildman–Crippen MR) is 90.2 cm³/mol. The molecule has 2 amide bonds. The molecule has 0 radical (unpaired) electrons. The zero-order chi connectivity index (χ0) is 19.6. The van der Waals surface area contributed by atoms with E-state index in [4.69, 9.17) is 6.42 Å². The van der Waals surface area contributed by atoms with Crippen LogP contribution in [0.5, 0.6) is 0 Å². The highest BCUT2D eigenvalue weighted by Crippen LogP contribution is 2.30. The van der Waals surface area contributed by atoms with Crippen LogP contribution in [-0.4, -0.2) is 45.6 Å². The summed E-state index contributed by atoms with van der Waals surface area (Å²) in [5.41, 5.74) is 1.20. The average molecular weight is 378 g/mol. The van der Waals surface area contributed by atoms with Gasteiger partial charge in [-0.1, -0.05) is 35.3 Å². The summed E-state index contributed by atoms with van der Waals surface area (Å²) >= 11 is 0. The van der Waals surface area contributed by atoms with E-state index in [9.17, 15) is 18.0 Å². The first-order valence-corrected chi connectivity index (χ1v) is 8.25. The minimum atomic E-state index is -4.68. The van der Waals surface area contributed by atoms with Crippen molar-refractivity contribution in [2.45, 2.75) is 31.6 Å². The van der Waals surface area contributed by atoms with Gasteiger partial charge in [-0.25, -0.2) is 4.79 Å². The molecule has 1 heterocycles. The molecule has 6 nitrogen and oxygen atoms in total. The zero-order valence-corrected chi connectivity index (χ0v) is 14.5. The van der Waals surface area contributed by atoms with Crippen molar-refractivity contribution in [3.05, 3.63) is 35.7 Å². The van der Waals surface area contributed by atoms with Gasteiger partial charge in [0.2, 0.25) is 5.82 Å². The number of halogens is 3. The molecule has 142 valence electrons. The Bertz CT molecular complexity index is 851. The van der Waals surface area contributed by atoms with E-state index in [-0.39, 0.29) is 24.4 Å². The number of hydrogen-bond acceptors (Lipinski definition) is 4. The number of amides is 2. The van der Waals surface area contributed by atoms with Crippen LogP contribution < -0.4 is 0 Å². The van der Waals surface area contributed by atoms with Gasteiger partial charge in [0.25, 0.3) is 0 Å². The van der Waals surface area contributed by atoms with Crippen molar-refractivity contribution in [2.24, 2.45) is 0 Å². The van der Waals surface area contributed by atoms with E-state index in [1.807, 2.05) is 0 Å². The molecule has 1 aromatic heterocycles. The second-order valence-electron chi connectivity index (χ2n) is 6.32. The molecular weight excluding hydrogens is 361 g/mol. The Morgan fingerprint density at radius 3 is 2.52 bits per heavy atom. The maximum absolute atomic E-state index is 12.5. The summed E-state index contributed by atoms with van der Waals surface area (Å²) in [6, 6.07) is 6.63. The van der Waals surface area contributed by atoms with Crippen molar-refractivity contribution in [2.75, 3.05) is 13.6 Å². The highest BCUT2D eigenvalue weighted by Gasteiger charge is 2.38. The van der Waals surface area contributed by atoms with Gasteiger partial charge in [-0.05, 0) is 18.4 Å². The second-order valence-corrected chi connectivity index (χ2v) is 6.32. The third kappa shape index (κ3) is 4.39. The summed E-state index contributed by atoms with van der Waals surface area (Å²) in [7, 11) is 1.68. The first-order valence-electron chi connectivity index (χ1n) is 8.25. The lowest BCUT2D eigenvalue weighted by Crippen LogP contribution is -2.42. The van der Waals surface area contributed by atoms with Gasteiger partial charge in [0.1, 0.15) is 0 Å². The lowest BCUT2D eigenvalue weighted by Gasteiger charge is -2.26. The summed E-state index contributed by atoms with van der Waals surface area (Å²) in [5, 5.41) is 3.35. The first kappa shape index (κ1) is 18.8. The molecule has 0 N–H and O–H groups in total. The molecule has 9 heteroatoms. The number of carbonyl (C=O) groups is 1. The van der Waals surface area contributed by atoms with Crippen molar-refractivity contribution in [1.29, 1.82) is 0 Å². The molecule has 0 saturated heterocycles. The molecule has 0 unspecified atom stereocenters. The molecule has 1 saturated carbocycles. The number of carbonyl (C=O) groups excluding carboxylic acids is 1. The maximum Gasteiger partial charge on any atom is 0.471 e. The summed E-state index contributed by atoms with van der Waals surface area (Å²) in [6.45, 7) is 0.610. The molecule has 2 aromatic rings. The van der Waals surface area contributed by atoms with Crippen LogP contribution in [0.1, 0.15) is 24.3 Å². The largest absolute Gasteiger partial charge is 0.471 e. The number of benzene rings is 1. The van der Waals surface area contributed by atoms with Crippen LogP contribution in [0, 0.1) is 12.3 Å². The van der Waals surface area contributed by atoms with Crippen LogP contribution in [0.3, 0.4) is 0 Å². The Hall–Kier alpha value is -3.02. The van der Waals surface area contributed by atoms with Crippen molar-refractivity contribution in [3.63, 3.8) is 0 Å². The fourth-order valence-electron chi connectivity index (χ4n) is 2.61. The Labute approximate surface area is 153 Å². The number of nitrogens with zero attached hydrogens (tertiary/aromatic N) is 4. The molecule has 27 heavy (non-hydrogen) atoms. The number of aromatic nitrogens is 2. The average Bonchev–Trinajstić information content (AvgIpc) is 3.33. The molecule has 0 atom stereocenters. The lowest BCUT2D eigenvalue weighted by atomic mass is 10.1. The van der Waals surface area contributed by atoms with Crippen LogP contribution in [-0.2, 0) is 12.7 Å². The first-order chi connectivity index (χ1) is 12.8. The standard InChI is InChI=1S/C18H17F3N4O2/c1-3-10-25(14-8-9-14)17(26)24(2)11-12-4-6-13(7-5-12)15-22-16(27-23-15)18(19,20)21/h1,4-7,14H,8-11H2,2H3. The summed E-state index contributed by atoms with van der Waals surface area (Å²) in [4.78, 5) is 19.1. The highest BCUT2D eigenvalue weighted by atomic mass is 19.4. The number of hydrogen-bond donors (Lipinski definition) is 0. The third-order valence-corrected chi connectivity index (χ3v) is 4.12. The number of rotatable bonds is 5. The van der Waals surface area contributed by atoms with E-state index in [2.05, 4.69) is 20.6 Å². The molecule has 3 rings (SSSR count). The van der Waals surface area contributed by atoms with Gasteiger partial charge in [-0.3, -0.25) is 0 Å². The van der Waals surface area contributed by atoms with Crippen molar-refractivity contribution in [1.82, 2.24) is 19.9 Å². The van der Waals surface area contributed by atoms with Crippen LogP contribution in [0.15, 0.2) is 28.8 Å². The van der Waals surface area contributed by atoms with Crippen molar-refractivity contribution >= 4 is 6.03 Å². The Morgan fingerprint density at radius 2 is 2.00 bits per heavy atom. The normalized spacial score (nSPS) is 13.9. The van der Waals surface area contributed by atoms with Gasteiger partial charge in [0.15, 0.2) is 0 Å². The third-order valence-electron chi connectivity index (χ3n) is 4.12. The van der Waals surface area contributed by atoms with Gasteiger partial charge in [-0.15, -0.1) is 6.42 Å². The van der Waals surface area contributed by atoms with Crippen molar-refractivity contribution in [3.8, 4) is 23.7 Å². The maximum atomic E-state index is 12.5. The van der Waals surface area contributed by atoms with Crippen molar-refractivity contribution < 1.29 is 22.5 Å². The van der Waals surface area contributed by atoms with E-state index in [1.165, 1.54) is 0 Å². The fraction of sp³-hybridized carbons (Fsp3) is 0.389. The quantitative estimate of drug-likeness (QED) is 0.748. The fourth-order valence-corrected chi connectivity index (χ4v) is 2.61. The lowest BCUT2D eigenvalue weighted by molar-refractivity contribution is -0.159. The summed E-state index contributed by atoms with van der Waals surface area (Å²) < 4.78 is 41.8. The Balaban J connectivity index is 1.66. The minimum absolute atomic E-state index is 0.146. The molecule has 0 spiro atoms. The molecule has 1 aromatic carbocycles. The Morgan fingerprint density at radius 1 is 1.33 bits per heavy atom. The van der Waals surface area contributed by atoms with E-state index < -0.39 is 12.1 Å². The predicted octanol–water partition coefficient (Wildman–Crippen LogP) is 3.40. The van der Waals surface area contributed by atoms with E-state index in [0.717, 1.165) is 18.4 Å². The van der Waals surface area contributed by atoms with Crippen LogP contribution >= 0.6 is 0 Å². The molecule has 1 fully saturated rings. The van der Waals surface area contributed by atoms with Crippen LogP contribution in [0.25, 0.3) is 11.4 Å². The smallest absolute Gasteiger partial charge is 0.329 e. The van der Waals surface area contributed by atoms with Gasteiger partial charge in [0, 0.05) is 25.2 Å². The molecule has 1 aliphatic rings. The zero-order valence-electron chi connectivity index (χ0n) is 14.5. The van der Waals surface area contributed by atoms with Crippen LogP contribution in [0.2, 0.25) is 0 Å². The van der Waals surface area contributed by atoms with Gasteiger partial charge >= 0.3 is 18.1 Å². The topological polar surface area (TPSA) is 62.5 Å². The van der Waals surface area contributed by atoms with Gasteiger partial charge in [0.05, 0.1) is 6.54 Å². The van der Waals surface area contributed by atoms with E-state index in [1.54, 1.807) is 41.1 Å². The van der Waals surface area contributed by atoms with Gasteiger partial charge in [-0.2, -0.15) is 18.2 Å². The van der Waals surface area contributed by atoms with Crippen LogP contribution in [0.4, 0.5) is 18.0 Å². The molecule has 0 bridgehead atoms. The molecular formula is C18H17F3N4O2. The minimum Gasteiger partial charge on any atom is -0.329 e. The number of urea groups is 1. The summed E-state index contributed by atoms with van der Waals surface area (Å²) in [6.07, 6.45) is 2.57. The summed E-state index contributed by atoms with van der Waals surface area (Å²) in [5.74, 6) is 0.968. The van der Waals surface area contributed by atoms with E-state index in [0.29, 0.717) is 12.1 Å². The number of alkyl halides is 3. The van der Waals surface area contributed by atoms with Gasteiger partial charge < -0.3 is 14.3 Å². The monoisotopic (exact) mass is 378 g/mol. The molecule has 0 aliphatic heterocycles. The Kier molecular flexibility index (Phi) is 5.08. The SMILES string of the molecule is C#CCN(C(=O)N(C)Cc1ccc(-c2noc(C(F)(F)F)n2)cc1)C1CC1. The second kappa shape index (κ2) is 7.31. The molecule has 1 aliphatic carbocycles. The highest BCUT2D eigenvalue weighted by molar-refractivity contribution is 5.75. The number of terminal acetylenes is 1.